The summed E-state index contributed by atoms with van der Waals surface area (Å²) in [5, 5.41) is 17.2. The van der Waals surface area contributed by atoms with E-state index in [4.69, 9.17) is 0 Å². The zero-order chi connectivity index (χ0) is 13.4. The van der Waals surface area contributed by atoms with E-state index in [1.807, 2.05) is 0 Å². The highest BCUT2D eigenvalue weighted by molar-refractivity contribution is 6.32. The maximum Gasteiger partial charge on any atom is 0.374 e. The first kappa shape index (κ1) is 14.5. The van der Waals surface area contributed by atoms with Crippen molar-refractivity contribution in [1.29, 1.82) is 0 Å². The molecule has 0 spiro atoms. The SMILES string of the molecule is CC(=O)C(=O)OCCC(O[N+](=O)[O-])O[N+](=O)[O-]. The fourth-order valence-corrected chi connectivity index (χ4v) is 0.666. The van der Waals surface area contributed by atoms with Crippen LogP contribution in [0.2, 0.25) is 0 Å². The van der Waals surface area contributed by atoms with Gasteiger partial charge in [-0.15, -0.1) is 20.2 Å². The van der Waals surface area contributed by atoms with Crippen molar-refractivity contribution >= 4 is 11.8 Å². The maximum absolute atomic E-state index is 10.6. The second kappa shape index (κ2) is 6.92. The van der Waals surface area contributed by atoms with Crippen molar-refractivity contribution in [1.82, 2.24) is 0 Å². The first-order chi connectivity index (χ1) is 7.82. The second-order valence-electron chi connectivity index (χ2n) is 2.57. The number of carbonyl (C=O) groups excluding carboxylic acids is 2. The molecule has 17 heavy (non-hydrogen) atoms. The highest BCUT2D eigenvalue weighted by atomic mass is 17.0. The van der Waals surface area contributed by atoms with Crippen LogP contribution < -0.4 is 0 Å². The van der Waals surface area contributed by atoms with Gasteiger partial charge in [0, 0.05) is 13.3 Å². The van der Waals surface area contributed by atoms with Crippen molar-refractivity contribution in [2.24, 2.45) is 0 Å². The molecule has 0 saturated carbocycles. The molecule has 0 fully saturated rings. The van der Waals surface area contributed by atoms with Crippen molar-refractivity contribution < 1.29 is 34.2 Å². The van der Waals surface area contributed by atoms with Crippen LogP contribution in [0.25, 0.3) is 0 Å². The van der Waals surface area contributed by atoms with Crippen LogP contribution in [-0.2, 0) is 24.0 Å². The lowest BCUT2D eigenvalue weighted by Crippen LogP contribution is -2.26. The minimum Gasteiger partial charge on any atom is -0.460 e. The molecule has 0 radical (unpaired) electrons. The van der Waals surface area contributed by atoms with Crippen LogP contribution in [0.1, 0.15) is 13.3 Å². The number of ketones is 1. The van der Waals surface area contributed by atoms with E-state index in [2.05, 4.69) is 14.4 Å². The summed E-state index contributed by atoms with van der Waals surface area (Å²) in [6.45, 7) is 0.464. The van der Waals surface area contributed by atoms with Crippen molar-refractivity contribution in [2.45, 2.75) is 19.6 Å². The Kier molecular flexibility index (Phi) is 5.92. The summed E-state index contributed by atoms with van der Waals surface area (Å²) in [5.41, 5.74) is 0. The summed E-state index contributed by atoms with van der Waals surface area (Å²) in [7, 11) is 0. The number of ether oxygens (including phenoxy) is 1. The Morgan fingerprint density at radius 2 is 1.65 bits per heavy atom. The van der Waals surface area contributed by atoms with E-state index in [1.165, 1.54) is 0 Å². The van der Waals surface area contributed by atoms with E-state index in [0.29, 0.717) is 0 Å². The van der Waals surface area contributed by atoms with Gasteiger partial charge in [0.2, 0.25) is 5.78 Å². The van der Waals surface area contributed by atoms with E-state index in [0.717, 1.165) is 6.92 Å². The lowest BCUT2D eigenvalue weighted by Gasteiger charge is -2.11. The molecule has 11 heteroatoms. The number of hydrogen-bond acceptors (Lipinski definition) is 9. The van der Waals surface area contributed by atoms with Gasteiger partial charge in [0.1, 0.15) is 0 Å². The van der Waals surface area contributed by atoms with Crippen molar-refractivity contribution in [3.05, 3.63) is 20.2 Å². The van der Waals surface area contributed by atoms with Gasteiger partial charge in [-0.3, -0.25) is 14.5 Å². The third-order valence-electron chi connectivity index (χ3n) is 1.28. The Morgan fingerprint density at radius 1 is 1.18 bits per heavy atom. The molecular weight excluding hydrogens is 244 g/mol. The Hall–Kier alpha value is -2.46. The fourth-order valence-electron chi connectivity index (χ4n) is 0.666. The molecule has 0 rings (SSSR count). The van der Waals surface area contributed by atoms with Crippen LogP contribution >= 0.6 is 0 Å². The molecule has 0 atom stereocenters. The average molecular weight is 252 g/mol. The summed E-state index contributed by atoms with van der Waals surface area (Å²) in [6, 6.07) is 0. The van der Waals surface area contributed by atoms with Gasteiger partial charge >= 0.3 is 5.97 Å². The van der Waals surface area contributed by atoms with Gasteiger partial charge < -0.3 is 4.74 Å². The summed E-state index contributed by atoms with van der Waals surface area (Å²) in [5.74, 6) is -2.03. The highest BCUT2D eigenvalue weighted by Crippen LogP contribution is 2.02. The molecule has 0 aliphatic heterocycles. The maximum atomic E-state index is 10.6. The Morgan fingerprint density at radius 3 is 2.00 bits per heavy atom. The zero-order valence-corrected chi connectivity index (χ0v) is 8.56. The van der Waals surface area contributed by atoms with Gasteiger partial charge in [0.25, 0.3) is 16.5 Å². The smallest absolute Gasteiger partial charge is 0.374 e. The van der Waals surface area contributed by atoms with E-state index < -0.39 is 41.2 Å². The van der Waals surface area contributed by atoms with E-state index >= 15 is 0 Å². The number of nitrogens with zero attached hydrogens (tertiary/aromatic N) is 2. The molecule has 0 aromatic carbocycles. The third kappa shape index (κ3) is 7.47. The van der Waals surface area contributed by atoms with Gasteiger partial charge in [-0.1, -0.05) is 0 Å². The summed E-state index contributed by atoms with van der Waals surface area (Å²) in [6.07, 6.45) is -2.29. The van der Waals surface area contributed by atoms with Crippen molar-refractivity contribution in [3.8, 4) is 0 Å². The van der Waals surface area contributed by atoms with Crippen LogP contribution in [-0.4, -0.2) is 34.8 Å². The van der Waals surface area contributed by atoms with Crippen LogP contribution in [0.3, 0.4) is 0 Å². The first-order valence-corrected chi connectivity index (χ1v) is 4.13. The summed E-state index contributed by atoms with van der Waals surface area (Å²) >= 11 is 0. The molecule has 0 aliphatic rings. The normalized spacial score (nSPS) is 9.53. The number of Topliss-reactive ketones (excluding diaryl/α,β-unsaturated/α-hetero) is 1. The monoisotopic (exact) mass is 252 g/mol. The molecule has 0 saturated heterocycles. The second-order valence-corrected chi connectivity index (χ2v) is 2.57. The van der Waals surface area contributed by atoms with Crippen LogP contribution in [0.4, 0.5) is 0 Å². The minimum absolute atomic E-state index is 0.471. The number of rotatable bonds is 8. The largest absolute Gasteiger partial charge is 0.460 e. The summed E-state index contributed by atoms with van der Waals surface area (Å²) in [4.78, 5) is 48.5. The Bertz CT molecular complexity index is 311. The van der Waals surface area contributed by atoms with E-state index in [9.17, 15) is 29.8 Å². The Labute approximate surface area is 93.4 Å². The predicted molar refractivity (Wildman–Crippen MR) is 46.2 cm³/mol. The van der Waals surface area contributed by atoms with Gasteiger partial charge in [-0.25, -0.2) is 4.79 Å². The van der Waals surface area contributed by atoms with Crippen molar-refractivity contribution in [3.63, 3.8) is 0 Å². The fraction of sp³-hybridized carbons (Fsp3) is 0.667. The highest BCUT2D eigenvalue weighted by Gasteiger charge is 2.19. The van der Waals surface area contributed by atoms with Gasteiger partial charge in [0.05, 0.1) is 6.61 Å². The van der Waals surface area contributed by atoms with E-state index in [-0.39, 0.29) is 0 Å². The van der Waals surface area contributed by atoms with Gasteiger partial charge in [0.15, 0.2) is 0 Å². The van der Waals surface area contributed by atoms with Crippen LogP contribution in [0.15, 0.2) is 0 Å². The zero-order valence-electron chi connectivity index (χ0n) is 8.56. The van der Waals surface area contributed by atoms with Gasteiger partial charge in [-0.2, -0.15) is 0 Å². The molecule has 11 nitrogen and oxygen atoms in total. The van der Waals surface area contributed by atoms with Crippen LogP contribution in [0, 0.1) is 20.2 Å². The molecule has 96 valence electrons. The molecule has 0 bridgehead atoms. The average Bonchev–Trinajstić information content (AvgIpc) is 2.14. The molecule has 0 unspecified atom stereocenters. The lowest BCUT2D eigenvalue weighted by molar-refractivity contribution is -0.851. The topological polar surface area (TPSA) is 148 Å². The van der Waals surface area contributed by atoms with Crippen molar-refractivity contribution in [2.75, 3.05) is 6.61 Å². The lowest BCUT2D eigenvalue weighted by atomic mass is 10.4. The molecule has 0 heterocycles. The van der Waals surface area contributed by atoms with Crippen LogP contribution in [0.5, 0.6) is 0 Å². The Balaban J connectivity index is 4.07. The van der Waals surface area contributed by atoms with Gasteiger partial charge in [-0.05, 0) is 0 Å². The molecule has 0 aromatic rings. The molecule has 0 aliphatic carbocycles. The molecule has 0 aromatic heterocycles. The summed E-state index contributed by atoms with van der Waals surface area (Å²) < 4.78 is 4.30. The predicted octanol–water partition coefficient (Wildman–Crippen LogP) is -0.749. The molecule has 0 amide bonds. The quantitative estimate of drug-likeness (QED) is 0.179. The first-order valence-electron chi connectivity index (χ1n) is 4.13. The molecular formula is C6H8N2O9. The number of hydrogen-bond donors (Lipinski definition) is 0. The molecule has 0 N–H and O–H groups in total. The number of carbonyl (C=O) groups is 2. The standard InChI is InChI=1S/C6H8N2O9/c1-4(9)6(10)15-3-2-5(16-7(11)12)17-8(13)14/h5H,2-3H2,1H3. The third-order valence-corrected chi connectivity index (χ3v) is 1.28. The number of esters is 1. The van der Waals surface area contributed by atoms with E-state index in [1.54, 1.807) is 0 Å². The minimum atomic E-state index is -1.82.